The minimum atomic E-state index is 0.0304. The molecule has 1 fully saturated rings. The van der Waals surface area contributed by atoms with E-state index in [1.165, 1.54) is 5.56 Å². The van der Waals surface area contributed by atoms with Crippen molar-refractivity contribution in [1.82, 2.24) is 0 Å². The zero-order chi connectivity index (χ0) is 15.9. The highest BCUT2D eigenvalue weighted by Gasteiger charge is 2.27. The van der Waals surface area contributed by atoms with E-state index >= 15 is 0 Å². The minimum absolute atomic E-state index is 0.0304. The van der Waals surface area contributed by atoms with Crippen molar-refractivity contribution >= 4 is 6.08 Å². The summed E-state index contributed by atoms with van der Waals surface area (Å²) < 4.78 is 12.1. The molecule has 3 atom stereocenters. The quantitative estimate of drug-likeness (QED) is 0.733. The van der Waals surface area contributed by atoms with E-state index in [0.717, 1.165) is 18.6 Å². The maximum absolute atomic E-state index is 6.11. The van der Waals surface area contributed by atoms with Gasteiger partial charge in [-0.25, -0.2) is 0 Å². The molecule has 23 heavy (non-hydrogen) atoms. The summed E-state index contributed by atoms with van der Waals surface area (Å²) in [7, 11) is 0. The normalized spacial score (nSPS) is 24.4. The molecule has 1 aliphatic heterocycles. The molecule has 0 amide bonds. The fraction of sp³-hybridized carbons (Fsp3) is 0.238. The van der Waals surface area contributed by atoms with Crippen LogP contribution in [0.5, 0.6) is 5.75 Å². The lowest BCUT2D eigenvalue weighted by molar-refractivity contribution is -0.0464. The standard InChI is InChI=1S/C21H22O2/c1-2-18-15-21(23-19-11-7-4-8-12-19)16-20(22-18)14-13-17-9-5-3-6-10-17/h2-14,18,20-21H,1,15-16H2/b14-13+/t18-,20+,21-/m0/s1. The Labute approximate surface area is 138 Å². The predicted octanol–water partition coefficient (Wildman–Crippen LogP) is 4.88. The molecule has 1 aliphatic rings. The Kier molecular flexibility index (Phi) is 5.28. The van der Waals surface area contributed by atoms with Crippen LogP contribution in [0.3, 0.4) is 0 Å². The Morgan fingerprint density at radius 2 is 1.57 bits per heavy atom. The van der Waals surface area contributed by atoms with E-state index in [2.05, 4.69) is 30.9 Å². The lowest BCUT2D eigenvalue weighted by Gasteiger charge is -2.33. The molecule has 1 saturated heterocycles. The van der Waals surface area contributed by atoms with E-state index in [0.29, 0.717) is 0 Å². The molecule has 0 spiro atoms. The first-order valence-corrected chi connectivity index (χ1v) is 8.06. The molecule has 3 rings (SSSR count). The lowest BCUT2D eigenvalue weighted by Crippen LogP contribution is -2.36. The Morgan fingerprint density at radius 1 is 0.913 bits per heavy atom. The topological polar surface area (TPSA) is 18.5 Å². The first-order chi connectivity index (χ1) is 11.3. The average Bonchev–Trinajstić information content (AvgIpc) is 2.61. The summed E-state index contributed by atoms with van der Waals surface area (Å²) in [5.41, 5.74) is 1.18. The van der Waals surface area contributed by atoms with Crippen molar-refractivity contribution in [2.45, 2.75) is 31.2 Å². The van der Waals surface area contributed by atoms with Crippen LogP contribution in [-0.4, -0.2) is 18.3 Å². The van der Waals surface area contributed by atoms with Gasteiger partial charge in [0.25, 0.3) is 0 Å². The molecule has 0 bridgehead atoms. The zero-order valence-electron chi connectivity index (χ0n) is 13.2. The fourth-order valence-electron chi connectivity index (χ4n) is 2.80. The second kappa shape index (κ2) is 7.80. The first-order valence-electron chi connectivity index (χ1n) is 8.06. The molecule has 2 aromatic carbocycles. The molecule has 2 nitrogen and oxygen atoms in total. The smallest absolute Gasteiger partial charge is 0.119 e. The van der Waals surface area contributed by atoms with Crippen LogP contribution in [-0.2, 0) is 4.74 Å². The van der Waals surface area contributed by atoms with Gasteiger partial charge in [-0.15, -0.1) is 6.58 Å². The third-order valence-corrected chi connectivity index (χ3v) is 3.95. The third-order valence-electron chi connectivity index (χ3n) is 3.95. The van der Waals surface area contributed by atoms with Crippen LogP contribution >= 0.6 is 0 Å². The Balaban J connectivity index is 1.66. The molecular formula is C21H22O2. The summed E-state index contributed by atoms with van der Waals surface area (Å²) in [4.78, 5) is 0. The van der Waals surface area contributed by atoms with E-state index in [-0.39, 0.29) is 18.3 Å². The average molecular weight is 306 g/mol. The molecule has 2 aromatic rings. The number of para-hydroxylation sites is 1. The second-order valence-corrected chi connectivity index (χ2v) is 5.74. The van der Waals surface area contributed by atoms with E-state index in [9.17, 15) is 0 Å². The molecule has 0 N–H and O–H groups in total. The van der Waals surface area contributed by atoms with Gasteiger partial charge in [-0.05, 0) is 17.7 Å². The maximum Gasteiger partial charge on any atom is 0.119 e. The van der Waals surface area contributed by atoms with Crippen LogP contribution in [0.1, 0.15) is 18.4 Å². The first kappa shape index (κ1) is 15.6. The van der Waals surface area contributed by atoms with Gasteiger partial charge in [-0.3, -0.25) is 0 Å². The minimum Gasteiger partial charge on any atom is -0.490 e. The summed E-state index contributed by atoms with van der Waals surface area (Å²) in [6, 6.07) is 20.2. The zero-order valence-corrected chi connectivity index (χ0v) is 13.2. The van der Waals surface area contributed by atoms with Crippen molar-refractivity contribution in [3.8, 4) is 5.75 Å². The van der Waals surface area contributed by atoms with Crippen LogP contribution in [0.2, 0.25) is 0 Å². The van der Waals surface area contributed by atoms with Gasteiger partial charge in [0.15, 0.2) is 0 Å². The van der Waals surface area contributed by atoms with Gasteiger partial charge in [0.2, 0.25) is 0 Å². The van der Waals surface area contributed by atoms with Crippen molar-refractivity contribution in [3.05, 3.63) is 85.0 Å². The largest absolute Gasteiger partial charge is 0.490 e. The number of rotatable bonds is 5. The van der Waals surface area contributed by atoms with E-state index in [4.69, 9.17) is 9.47 Å². The van der Waals surface area contributed by atoms with Gasteiger partial charge in [-0.2, -0.15) is 0 Å². The van der Waals surface area contributed by atoms with Crippen LogP contribution in [0.4, 0.5) is 0 Å². The Hall–Kier alpha value is -2.32. The molecule has 0 unspecified atom stereocenters. The molecule has 0 aliphatic carbocycles. The van der Waals surface area contributed by atoms with E-state index in [1.807, 2.05) is 54.6 Å². The van der Waals surface area contributed by atoms with Crippen LogP contribution in [0.15, 0.2) is 79.4 Å². The van der Waals surface area contributed by atoms with E-state index in [1.54, 1.807) is 0 Å². The molecule has 0 aromatic heterocycles. The van der Waals surface area contributed by atoms with Gasteiger partial charge < -0.3 is 9.47 Å². The molecule has 0 saturated carbocycles. The summed E-state index contributed by atoms with van der Waals surface area (Å²) in [6.07, 6.45) is 7.99. The number of benzene rings is 2. The molecular weight excluding hydrogens is 284 g/mol. The summed E-state index contributed by atoms with van der Waals surface area (Å²) in [6.45, 7) is 3.87. The highest BCUT2D eigenvalue weighted by Crippen LogP contribution is 2.26. The third kappa shape index (κ3) is 4.57. The summed E-state index contributed by atoms with van der Waals surface area (Å²) >= 11 is 0. The number of hydrogen-bond acceptors (Lipinski definition) is 2. The molecule has 2 heteroatoms. The molecule has 118 valence electrons. The number of ether oxygens (including phenoxy) is 2. The Bertz CT molecular complexity index is 633. The summed E-state index contributed by atoms with van der Waals surface area (Å²) in [5.74, 6) is 0.910. The maximum atomic E-state index is 6.11. The van der Waals surface area contributed by atoms with Gasteiger partial charge in [-0.1, -0.05) is 66.8 Å². The van der Waals surface area contributed by atoms with E-state index < -0.39 is 0 Å². The lowest BCUT2D eigenvalue weighted by atomic mass is 9.99. The van der Waals surface area contributed by atoms with Crippen molar-refractivity contribution in [1.29, 1.82) is 0 Å². The van der Waals surface area contributed by atoms with Gasteiger partial charge in [0, 0.05) is 12.8 Å². The molecule has 0 radical (unpaired) electrons. The number of hydrogen-bond donors (Lipinski definition) is 0. The van der Waals surface area contributed by atoms with Gasteiger partial charge in [0.1, 0.15) is 11.9 Å². The highest BCUT2D eigenvalue weighted by atomic mass is 16.5. The predicted molar refractivity (Wildman–Crippen MR) is 94.4 cm³/mol. The Morgan fingerprint density at radius 3 is 2.26 bits per heavy atom. The van der Waals surface area contributed by atoms with Crippen molar-refractivity contribution in [2.24, 2.45) is 0 Å². The monoisotopic (exact) mass is 306 g/mol. The van der Waals surface area contributed by atoms with Crippen molar-refractivity contribution in [3.63, 3.8) is 0 Å². The van der Waals surface area contributed by atoms with Crippen molar-refractivity contribution < 1.29 is 9.47 Å². The van der Waals surface area contributed by atoms with Gasteiger partial charge >= 0.3 is 0 Å². The van der Waals surface area contributed by atoms with Crippen LogP contribution in [0.25, 0.3) is 6.08 Å². The van der Waals surface area contributed by atoms with Crippen LogP contribution < -0.4 is 4.74 Å². The molecule has 1 heterocycles. The van der Waals surface area contributed by atoms with Crippen LogP contribution in [0, 0.1) is 0 Å². The van der Waals surface area contributed by atoms with Crippen molar-refractivity contribution in [2.75, 3.05) is 0 Å². The highest BCUT2D eigenvalue weighted by molar-refractivity contribution is 5.49. The second-order valence-electron chi connectivity index (χ2n) is 5.74. The fourth-order valence-corrected chi connectivity index (χ4v) is 2.80. The summed E-state index contributed by atoms with van der Waals surface area (Å²) in [5, 5.41) is 0. The SMILES string of the molecule is C=C[C@H]1C[C@H](Oc2ccccc2)C[C@@H](/C=C/c2ccccc2)O1. The van der Waals surface area contributed by atoms with Gasteiger partial charge in [0.05, 0.1) is 12.2 Å².